The van der Waals surface area contributed by atoms with Crippen LogP contribution in [0.5, 0.6) is 0 Å². The van der Waals surface area contributed by atoms with Gasteiger partial charge in [0.15, 0.2) is 5.79 Å². The molecule has 0 bridgehead atoms. The van der Waals surface area contributed by atoms with E-state index >= 15 is 0 Å². The normalized spacial score (nSPS) is 18.3. The topological polar surface area (TPSA) is 18.5 Å². The number of ether oxygens (including phenoxy) is 2. The van der Waals surface area contributed by atoms with Crippen molar-refractivity contribution >= 4 is 31.9 Å². The van der Waals surface area contributed by atoms with Gasteiger partial charge in [0.1, 0.15) is 0 Å². The van der Waals surface area contributed by atoms with Crippen molar-refractivity contribution in [2.75, 3.05) is 33.2 Å². The minimum atomic E-state index is -0.254. The van der Waals surface area contributed by atoms with E-state index in [9.17, 15) is 0 Å². The van der Waals surface area contributed by atoms with Gasteiger partial charge in [-0.2, -0.15) is 0 Å². The highest BCUT2D eigenvalue weighted by Crippen LogP contribution is 2.30. The minimum absolute atomic E-state index is 0. The first-order valence-electron chi connectivity index (χ1n) is 8.95. The number of hydrogen-bond donors (Lipinski definition) is 0. The fraction of sp³-hybridized carbons (Fsp3) is 1.00. The van der Waals surface area contributed by atoms with Crippen LogP contribution in [0.2, 0.25) is 0 Å². The molecule has 0 amide bonds. The van der Waals surface area contributed by atoms with Gasteiger partial charge >= 0.3 is 0 Å². The lowest BCUT2D eigenvalue weighted by molar-refractivity contribution is -0.246. The van der Waals surface area contributed by atoms with Gasteiger partial charge in [-0.25, -0.2) is 0 Å². The van der Waals surface area contributed by atoms with E-state index in [4.69, 9.17) is 9.47 Å². The molecular formula is C18H40IO2P. The summed E-state index contributed by atoms with van der Waals surface area (Å²) in [5.74, 6) is -0.254. The predicted molar refractivity (Wildman–Crippen MR) is 112 cm³/mol. The van der Waals surface area contributed by atoms with E-state index in [1.54, 1.807) is 0 Å². The molecule has 0 atom stereocenters. The molecule has 0 aromatic rings. The van der Waals surface area contributed by atoms with E-state index in [-0.39, 0.29) is 29.8 Å². The first-order chi connectivity index (χ1) is 10.1. The van der Waals surface area contributed by atoms with Crippen molar-refractivity contribution in [3.05, 3.63) is 0 Å². The lowest BCUT2D eigenvalue weighted by atomic mass is 10.0. The molecule has 22 heavy (non-hydrogen) atoms. The van der Waals surface area contributed by atoms with Crippen LogP contribution in [0.25, 0.3) is 0 Å². The molecule has 1 saturated carbocycles. The van der Waals surface area contributed by atoms with Crippen molar-refractivity contribution in [3.8, 4) is 0 Å². The second-order valence-corrected chi connectivity index (χ2v) is 9.25. The molecule has 0 spiro atoms. The summed E-state index contributed by atoms with van der Waals surface area (Å²) in [4.78, 5) is 0. The Bertz CT molecular complexity index is 202. The van der Waals surface area contributed by atoms with Gasteiger partial charge in [0.2, 0.25) is 0 Å². The molecule has 0 aromatic heterocycles. The molecule has 0 aromatic carbocycles. The molecule has 0 heterocycles. The van der Waals surface area contributed by atoms with Gasteiger partial charge in [0.25, 0.3) is 0 Å². The first-order valence-corrected chi connectivity index (χ1v) is 11.6. The third-order valence-corrected chi connectivity index (χ3v) is 3.50. The van der Waals surface area contributed by atoms with Crippen molar-refractivity contribution in [3.63, 3.8) is 0 Å². The molecule has 0 saturated heterocycles. The largest absolute Gasteiger partial charge is 0.350 e. The second-order valence-electron chi connectivity index (χ2n) is 6.57. The standard InChI is InChI=1S/C15H30O2.C3H9P.HI/c1-3-13-16-15(17-14-4-2)11-9-7-5-6-8-10-12-15;1-4(2)3;/h3-14H2,1-2H3;1-3H3;1H. The van der Waals surface area contributed by atoms with Gasteiger partial charge in [-0.05, 0) is 45.7 Å². The Labute approximate surface area is 158 Å². The molecule has 0 unspecified atom stereocenters. The molecule has 0 aliphatic heterocycles. The lowest BCUT2D eigenvalue weighted by Gasteiger charge is -2.34. The van der Waals surface area contributed by atoms with Crippen molar-refractivity contribution in [2.24, 2.45) is 0 Å². The molecule has 1 fully saturated rings. The van der Waals surface area contributed by atoms with Crippen LogP contribution >= 0.6 is 31.9 Å². The van der Waals surface area contributed by atoms with Crippen LogP contribution in [0.15, 0.2) is 0 Å². The van der Waals surface area contributed by atoms with E-state index in [0.29, 0.717) is 7.92 Å². The smallest absolute Gasteiger partial charge is 0.168 e. The Kier molecular flexibility index (Phi) is 19.5. The average molecular weight is 446 g/mol. The second kappa shape index (κ2) is 16.9. The van der Waals surface area contributed by atoms with Crippen molar-refractivity contribution in [1.82, 2.24) is 0 Å². The van der Waals surface area contributed by atoms with Crippen LogP contribution in [0.1, 0.15) is 78.1 Å². The van der Waals surface area contributed by atoms with Crippen molar-refractivity contribution in [2.45, 2.75) is 83.8 Å². The molecule has 136 valence electrons. The fourth-order valence-electron chi connectivity index (χ4n) is 2.53. The number of halogens is 1. The van der Waals surface area contributed by atoms with Crippen molar-refractivity contribution < 1.29 is 9.47 Å². The average Bonchev–Trinajstić information content (AvgIpc) is 2.55. The number of rotatable bonds is 6. The van der Waals surface area contributed by atoms with Crippen LogP contribution < -0.4 is 0 Å². The van der Waals surface area contributed by atoms with Crippen LogP contribution in [0, 0.1) is 0 Å². The van der Waals surface area contributed by atoms with Crippen LogP contribution in [0.3, 0.4) is 0 Å². The van der Waals surface area contributed by atoms with Crippen LogP contribution in [-0.2, 0) is 9.47 Å². The molecular weight excluding hydrogens is 406 g/mol. The molecule has 0 radical (unpaired) electrons. The highest BCUT2D eigenvalue weighted by molar-refractivity contribution is 14.0. The third-order valence-electron chi connectivity index (χ3n) is 3.50. The van der Waals surface area contributed by atoms with Gasteiger partial charge in [-0.15, -0.1) is 31.9 Å². The summed E-state index contributed by atoms with van der Waals surface area (Å²) in [5, 5.41) is 0. The maximum absolute atomic E-state index is 6.09. The van der Waals surface area contributed by atoms with Gasteiger partial charge in [0, 0.05) is 26.1 Å². The summed E-state index contributed by atoms with van der Waals surface area (Å²) < 4.78 is 12.2. The SMILES string of the molecule is CCCOC1(OCCC)CCCCCCCC1.CP(C)C.I. The summed E-state index contributed by atoms with van der Waals surface area (Å²) in [7, 11) is 0.380. The Morgan fingerprint density at radius 1 is 0.727 bits per heavy atom. The molecule has 1 rings (SSSR count). The van der Waals surface area contributed by atoms with E-state index in [2.05, 4.69) is 33.8 Å². The Hall–Kier alpha value is 1.08. The van der Waals surface area contributed by atoms with E-state index in [1.165, 1.54) is 38.5 Å². The Morgan fingerprint density at radius 2 is 1.05 bits per heavy atom. The summed E-state index contributed by atoms with van der Waals surface area (Å²) in [5.41, 5.74) is 0. The first kappa shape index (κ1) is 25.3. The van der Waals surface area contributed by atoms with E-state index < -0.39 is 0 Å². The van der Waals surface area contributed by atoms with Gasteiger partial charge < -0.3 is 9.47 Å². The maximum atomic E-state index is 6.09. The molecule has 0 N–H and O–H groups in total. The highest BCUT2D eigenvalue weighted by Gasteiger charge is 2.31. The molecule has 4 heteroatoms. The fourth-order valence-corrected chi connectivity index (χ4v) is 2.53. The van der Waals surface area contributed by atoms with Gasteiger partial charge in [-0.1, -0.05) is 39.5 Å². The quantitative estimate of drug-likeness (QED) is 0.259. The predicted octanol–water partition coefficient (Wildman–Crippen LogP) is 6.65. The van der Waals surface area contributed by atoms with Gasteiger partial charge in [-0.3, -0.25) is 0 Å². The lowest BCUT2D eigenvalue weighted by Crippen LogP contribution is -2.36. The van der Waals surface area contributed by atoms with Crippen molar-refractivity contribution in [1.29, 1.82) is 0 Å². The molecule has 1 aliphatic rings. The minimum Gasteiger partial charge on any atom is -0.350 e. The van der Waals surface area contributed by atoms with E-state index in [0.717, 1.165) is 38.9 Å². The summed E-state index contributed by atoms with van der Waals surface area (Å²) in [6.07, 6.45) is 12.3. The number of hydrogen-bond acceptors (Lipinski definition) is 2. The maximum Gasteiger partial charge on any atom is 0.168 e. The van der Waals surface area contributed by atoms with Crippen LogP contribution in [-0.4, -0.2) is 39.0 Å². The monoisotopic (exact) mass is 446 g/mol. The van der Waals surface area contributed by atoms with Crippen LogP contribution in [0.4, 0.5) is 0 Å². The summed E-state index contributed by atoms with van der Waals surface area (Å²) in [6, 6.07) is 0. The highest BCUT2D eigenvalue weighted by atomic mass is 127. The third kappa shape index (κ3) is 14.7. The van der Waals surface area contributed by atoms with E-state index in [1.807, 2.05) is 0 Å². The van der Waals surface area contributed by atoms with Gasteiger partial charge in [0.05, 0.1) is 0 Å². The Balaban J connectivity index is 0. The zero-order valence-electron chi connectivity index (χ0n) is 15.7. The zero-order valence-corrected chi connectivity index (χ0v) is 18.9. The molecule has 1 aliphatic carbocycles. The zero-order chi connectivity index (χ0) is 16.0. The summed E-state index contributed by atoms with van der Waals surface area (Å²) >= 11 is 0. The Morgan fingerprint density at radius 3 is 1.36 bits per heavy atom. The molecule has 2 nitrogen and oxygen atoms in total. The summed E-state index contributed by atoms with van der Waals surface area (Å²) in [6.45, 7) is 12.7.